The van der Waals surface area contributed by atoms with E-state index in [1.807, 2.05) is 121 Å². The van der Waals surface area contributed by atoms with Gasteiger partial charge in [-0.1, -0.05) is 122 Å². The van der Waals surface area contributed by atoms with Crippen LogP contribution in [0, 0.1) is 25.7 Å². The number of nitrogens with one attached hydrogen (secondary N) is 4. The summed E-state index contributed by atoms with van der Waals surface area (Å²) in [6, 6.07) is 30.1. The van der Waals surface area contributed by atoms with Crippen molar-refractivity contribution in [2.45, 2.75) is 194 Å². The summed E-state index contributed by atoms with van der Waals surface area (Å²) in [5, 5.41) is 21.1. The lowest BCUT2D eigenvalue weighted by atomic mass is 9.94. The molecule has 4 fully saturated rings. The van der Waals surface area contributed by atoms with E-state index >= 15 is 0 Å². The van der Waals surface area contributed by atoms with Gasteiger partial charge in [0.1, 0.15) is 46.0 Å². The molecule has 0 bridgehead atoms. The molecular weight excluding hydrogens is 2120 g/mol. The van der Waals surface area contributed by atoms with E-state index in [-0.39, 0.29) is 105 Å². The summed E-state index contributed by atoms with van der Waals surface area (Å²) in [6.45, 7) is 34.4. The van der Waals surface area contributed by atoms with Crippen molar-refractivity contribution >= 4 is 215 Å². The zero-order valence-corrected chi connectivity index (χ0v) is 95.1. The van der Waals surface area contributed by atoms with Crippen molar-refractivity contribution in [3.05, 3.63) is 270 Å². The first-order valence-electron chi connectivity index (χ1n) is 46.5. The number of nitrogen functional groups attached to an aromatic ring is 2. The smallest absolute Gasteiger partial charge is 0.180 e. The number of aryl methyl sites for hydroxylation is 5. The molecule has 0 unspecified atom stereocenters. The Morgan fingerprint density at radius 3 is 1.37 bits per heavy atom. The Morgan fingerprint density at radius 1 is 0.537 bits per heavy atom. The van der Waals surface area contributed by atoms with Crippen LogP contribution in [-0.4, -0.2) is 194 Å². The van der Waals surface area contributed by atoms with Gasteiger partial charge < -0.3 is 41.9 Å². The van der Waals surface area contributed by atoms with Crippen LogP contribution in [0.3, 0.4) is 0 Å². The summed E-state index contributed by atoms with van der Waals surface area (Å²) in [7, 11) is 5.44. The molecule has 12 heterocycles. The number of allylic oxidation sites excluding steroid dienone is 5. The monoisotopic (exact) mass is 2260 g/mol. The highest BCUT2D eigenvalue weighted by molar-refractivity contribution is 9.11. The Balaban J connectivity index is 0.000000784. The number of benzene rings is 3. The predicted octanol–water partition coefficient (Wildman–Crippen LogP) is 20.7. The van der Waals surface area contributed by atoms with Crippen molar-refractivity contribution in [1.29, 1.82) is 0 Å². The second-order valence-electron chi connectivity index (χ2n) is 33.0. The summed E-state index contributed by atoms with van der Waals surface area (Å²) in [5.74, 6) is 2.98. The maximum absolute atomic E-state index is 10.8. The van der Waals surface area contributed by atoms with Gasteiger partial charge in [0.15, 0.2) is 82.4 Å². The Kier molecular flexibility index (Phi) is 67.5. The number of rotatable bonds is 18. The summed E-state index contributed by atoms with van der Waals surface area (Å²) < 4.78 is 6.64. The molecule has 11 aromatic rings. The highest BCUT2D eigenvalue weighted by Gasteiger charge is 2.26. The number of Topliss-reactive ketones (excluding diaryl/α,β-unsaturated/α-hetero) is 16. The molecule has 0 amide bonds. The van der Waals surface area contributed by atoms with Crippen LogP contribution >= 0.6 is 100 Å². The van der Waals surface area contributed by atoms with Gasteiger partial charge in [0.25, 0.3) is 0 Å². The number of nitrogens with two attached hydrogens (primary N) is 2. The van der Waals surface area contributed by atoms with Crippen LogP contribution in [0.15, 0.2) is 194 Å². The number of carbonyl (C=O) groups is 17. The SMILES string of the molecule is CC(=O)/C=C/c1ccsc1.CC(=O)C1=CC=CC1.CC(=O)C1CCNCC1.CC(=O)[C@@H]1CC(=O)CN1.CC(=O)[C@H]1CC(=O)CN1.CC(=O)c1cccc(Cl)c1.CC(=O)c1ccccc1.CC(=O)c1ccccc1N.CC(=O)c1cccn1C.CC(=O)c1ccn(C)n1.CC(=O)c1cnc(Br)s1.CC(=O)c1cnc(N)s1.CC(=O)c1cncn1C.CC(=O)c1ncsc1C.CC(=O)c1sc(Br)nc1C.CCCC1CCNCC1. The number of imidazole rings is 1. The van der Waals surface area contributed by atoms with Gasteiger partial charge in [-0.25, -0.2) is 24.9 Å². The van der Waals surface area contributed by atoms with Crippen molar-refractivity contribution in [3.63, 3.8) is 0 Å². The molecule has 0 radical (unpaired) electrons. The van der Waals surface area contributed by atoms with E-state index in [9.17, 15) is 81.5 Å². The highest BCUT2D eigenvalue weighted by Crippen LogP contribution is 2.24. The summed E-state index contributed by atoms with van der Waals surface area (Å²) in [5.41, 5.74) is 20.4. The van der Waals surface area contributed by atoms with Gasteiger partial charge in [0, 0.05) is 133 Å². The fourth-order valence-corrected chi connectivity index (χ4v) is 17.0. The first-order valence-corrected chi connectivity index (χ1v) is 52.7. The fraction of sp³-hybridized carbons (Fsp3) is 0.374. The number of hydrogen-bond donors (Lipinski definition) is 6. The molecular formula is C107H136Br2ClN15O17S5. The number of ketones is 17. The average molecular weight is 2260 g/mol. The van der Waals surface area contributed by atoms with E-state index < -0.39 is 0 Å². The van der Waals surface area contributed by atoms with Gasteiger partial charge in [0.05, 0.1) is 81.6 Å². The molecule has 8 N–H and O–H groups in total. The minimum atomic E-state index is -0.197. The lowest BCUT2D eigenvalue weighted by Crippen LogP contribution is -2.30. The van der Waals surface area contributed by atoms with E-state index in [0.29, 0.717) is 91.4 Å². The van der Waals surface area contributed by atoms with E-state index in [4.69, 9.17) is 23.1 Å². The second kappa shape index (κ2) is 74.7. The van der Waals surface area contributed by atoms with Crippen LogP contribution in [0.25, 0.3) is 6.08 Å². The van der Waals surface area contributed by atoms with Crippen LogP contribution in [-0.2, 0) is 54.7 Å². The predicted molar refractivity (Wildman–Crippen MR) is 596 cm³/mol. The van der Waals surface area contributed by atoms with Gasteiger partial charge in [-0.15, -0.1) is 34.0 Å². The maximum atomic E-state index is 10.8. The Bertz CT molecular complexity index is 5880. The van der Waals surface area contributed by atoms with Crippen LogP contribution < -0.4 is 32.7 Å². The van der Waals surface area contributed by atoms with Crippen LogP contribution in [0.5, 0.6) is 0 Å². The van der Waals surface area contributed by atoms with Crippen LogP contribution in [0.4, 0.5) is 10.8 Å². The molecule has 5 aliphatic rings. The number of thiophene rings is 1. The lowest BCUT2D eigenvalue weighted by molar-refractivity contribution is -0.121. The number of anilines is 2. The molecule has 4 saturated heterocycles. The molecule has 147 heavy (non-hydrogen) atoms. The summed E-state index contributed by atoms with van der Waals surface area (Å²) >= 11 is 19.1. The Morgan fingerprint density at radius 2 is 1.10 bits per heavy atom. The van der Waals surface area contributed by atoms with Gasteiger partial charge in [-0.3, -0.25) is 86.2 Å². The van der Waals surface area contributed by atoms with Crippen LogP contribution in [0.1, 0.15) is 287 Å². The number of piperidine rings is 2. The third-order valence-electron chi connectivity index (χ3n) is 20.5. The minimum Gasteiger partial charge on any atom is -0.398 e. The Hall–Kier alpha value is -12.1. The number of halogens is 3. The number of carbonyl (C=O) groups excluding carboxylic acids is 17. The Labute approximate surface area is 902 Å². The molecule has 0 spiro atoms. The number of hydrogen-bond acceptors (Lipinski definition) is 34. The van der Waals surface area contributed by atoms with Crippen molar-refractivity contribution < 1.29 is 81.5 Å². The molecule has 1 aliphatic carbocycles. The minimum absolute atomic E-state index is 0.00981. The van der Waals surface area contributed by atoms with Gasteiger partial charge in [-0.05, 0) is 242 Å². The number of thiazole rings is 4. The van der Waals surface area contributed by atoms with E-state index in [1.165, 1.54) is 153 Å². The summed E-state index contributed by atoms with van der Waals surface area (Å²) in [6.07, 6.45) is 28.3. The molecule has 3 aromatic carbocycles. The zero-order chi connectivity index (χ0) is 111. The second-order valence-corrected chi connectivity index (χ2v) is 41.0. The van der Waals surface area contributed by atoms with E-state index in [0.717, 1.165) is 83.9 Å². The van der Waals surface area contributed by atoms with Crippen molar-refractivity contribution in [3.8, 4) is 0 Å². The quantitative estimate of drug-likeness (QED) is 0.0264. The first-order chi connectivity index (χ1) is 69.3. The third kappa shape index (κ3) is 59.5. The number of nitrogens with zero attached hydrogens (tertiary/aromatic N) is 9. The number of para-hydroxylation sites is 1. The van der Waals surface area contributed by atoms with Gasteiger partial charge >= 0.3 is 0 Å². The first kappa shape index (κ1) is 133. The summed E-state index contributed by atoms with van der Waals surface area (Å²) in [4.78, 5) is 203. The van der Waals surface area contributed by atoms with Crippen molar-refractivity contribution in [1.82, 2.24) is 65.1 Å². The molecule has 4 aliphatic heterocycles. The maximum Gasteiger partial charge on any atom is 0.180 e. The largest absolute Gasteiger partial charge is 0.398 e. The van der Waals surface area contributed by atoms with E-state index in [2.05, 4.69) is 90.1 Å². The third-order valence-corrected chi connectivity index (χ3v) is 26.4. The van der Waals surface area contributed by atoms with Crippen LogP contribution in [0.2, 0.25) is 5.02 Å². The molecule has 0 saturated carbocycles. The molecule has 792 valence electrons. The topological polar surface area (TPSA) is 482 Å². The zero-order valence-electron chi connectivity index (χ0n) is 87.1. The molecule has 8 aromatic heterocycles. The fourth-order valence-electron chi connectivity index (χ4n) is 12.4. The van der Waals surface area contributed by atoms with Gasteiger partial charge in [-0.2, -0.15) is 16.4 Å². The molecule has 16 rings (SSSR count). The lowest BCUT2D eigenvalue weighted by Gasteiger charge is -2.21. The van der Waals surface area contributed by atoms with E-state index in [1.54, 1.807) is 161 Å². The molecule has 40 heteroatoms. The average Bonchev–Trinajstić information content (AvgIpc) is 1.75. The number of aromatic nitrogens is 9. The molecule has 2 atom stereocenters. The van der Waals surface area contributed by atoms with Crippen molar-refractivity contribution in [2.75, 3.05) is 50.7 Å². The molecule has 32 nitrogen and oxygen atoms in total. The van der Waals surface area contributed by atoms with Crippen molar-refractivity contribution in [2.24, 2.45) is 33.0 Å². The normalized spacial score (nSPS) is 13.6. The standard InChI is InChI=1S/C8H7ClO.C8H9NO.C8H17N.C8H8OS.C8H8O.C7H9NO.C7H13NO.C7H8O.C6H6BrNOS.2C6H8N2O.2C6H9NO2.C6H7NOS.C5H4BrNOS.C5H6N2OS/c1-6(10)7-3-2-4-8(9)5-7;1-6(10)7-4-2-3-5-8(7)9;1-2-3-8-4-6-9-7-5-8;1-7(9)2-3-8-4-5-10-6-8;1-7(9)8-5-3-2-4-6-8;1-6(9)7-4-3-5-8(7)2;1-6(9)7-2-4-8-5-3-7;1-6(8)7-4-2-3-5-7;1-3-5(4(2)9)10-6(7)8-3;1-5(9)6-3-7-4-8(6)2;1-5(9)6-3-4-8(2)7-6;2*1-4(8)6-2-5(9)3-7-6;1-4(8)6-5(2)9-3-7-6;2*1-3(8)4-2-7-5(6)9-4/h2-5H,1H3;2-5H,9H2,1H3;8-9H,2-7H2,1H3;2-6H,1H3;2-6H,1H3;3-5H,1-2H3;7-8H,2-5H2,1H3;2-4H,5H2,1H3;1-2H3;2*3-4H,1-2H3;2*6-7H,2-3H2,1H3;3H,1-2H3;2H,1H3;2H,1H3,(H2,6,7)/b;;;3-2+;;;;;;;;;;;;/t;;;;;;;;;;;2*6-;;;/m...........10.../s1. The highest BCUT2D eigenvalue weighted by atomic mass is 79.9. The van der Waals surface area contributed by atoms with Gasteiger partial charge in [0.2, 0.25) is 0 Å².